The zero-order valence-electron chi connectivity index (χ0n) is 15.5. The molecule has 1 saturated carbocycles. The van der Waals surface area contributed by atoms with Crippen molar-refractivity contribution < 1.29 is 19.1 Å². The van der Waals surface area contributed by atoms with Crippen molar-refractivity contribution in [1.82, 2.24) is 10.6 Å². The number of rotatable bonds is 4. The van der Waals surface area contributed by atoms with E-state index < -0.39 is 6.04 Å². The highest BCUT2D eigenvalue weighted by molar-refractivity contribution is 5.95. The molecule has 2 N–H and O–H groups in total. The predicted octanol–water partition coefficient (Wildman–Crippen LogP) is 3.45. The summed E-state index contributed by atoms with van der Waals surface area (Å²) < 4.78 is 11.0. The Hall–Kier alpha value is -2.50. The second-order valence-corrected chi connectivity index (χ2v) is 7.14. The molecule has 2 amide bonds. The summed E-state index contributed by atoms with van der Waals surface area (Å²) in [5.74, 6) is 0.920. The molecule has 1 fully saturated rings. The highest BCUT2D eigenvalue weighted by atomic mass is 16.5. The summed E-state index contributed by atoms with van der Waals surface area (Å²) in [4.78, 5) is 24.8. The number of amides is 2. The highest BCUT2D eigenvalue weighted by Gasteiger charge is 2.34. The first kappa shape index (κ1) is 18.3. The van der Waals surface area contributed by atoms with E-state index >= 15 is 0 Å². The molecular weight excluding hydrogens is 332 g/mol. The molecule has 3 rings (SSSR count). The number of nitrogens with one attached hydrogen (secondary N) is 2. The number of methoxy groups -OCH3 is 1. The molecular formula is C20H26N2O4. The van der Waals surface area contributed by atoms with Crippen molar-refractivity contribution in [3.05, 3.63) is 41.1 Å². The lowest BCUT2D eigenvalue weighted by molar-refractivity contribution is -0.146. The van der Waals surface area contributed by atoms with E-state index in [0.29, 0.717) is 17.2 Å². The van der Waals surface area contributed by atoms with Gasteiger partial charge in [0, 0.05) is 5.70 Å². The minimum atomic E-state index is -0.539. The lowest BCUT2D eigenvalue weighted by atomic mass is 9.88. The molecule has 0 unspecified atom stereocenters. The molecule has 140 valence electrons. The molecule has 6 heteroatoms. The van der Waals surface area contributed by atoms with Gasteiger partial charge < -0.3 is 20.1 Å². The zero-order chi connectivity index (χ0) is 18.7. The molecule has 6 nitrogen and oxygen atoms in total. The van der Waals surface area contributed by atoms with Crippen LogP contribution in [0.1, 0.15) is 51.1 Å². The van der Waals surface area contributed by atoms with Crippen LogP contribution in [0.4, 0.5) is 4.79 Å². The fourth-order valence-corrected chi connectivity index (χ4v) is 3.71. The van der Waals surface area contributed by atoms with Crippen LogP contribution in [0.2, 0.25) is 0 Å². The van der Waals surface area contributed by atoms with Crippen molar-refractivity contribution in [2.45, 2.75) is 51.7 Å². The highest BCUT2D eigenvalue weighted by Crippen LogP contribution is 2.31. The Kier molecular flexibility index (Phi) is 5.49. The summed E-state index contributed by atoms with van der Waals surface area (Å²) in [7, 11) is 1.60. The number of carbonyl (C=O) groups excluding carboxylic acids is 2. The maximum Gasteiger partial charge on any atom is 0.338 e. The average Bonchev–Trinajstić information content (AvgIpc) is 2.61. The summed E-state index contributed by atoms with van der Waals surface area (Å²) >= 11 is 0. The van der Waals surface area contributed by atoms with Gasteiger partial charge in [0.1, 0.15) is 11.9 Å². The van der Waals surface area contributed by atoms with E-state index in [-0.39, 0.29) is 18.1 Å². The van der Waals surface area contributed by atoms with Gasteiger partial charge in [0.25, 0.3) is 0 Å². The zero-order valence-corrected chi connectivity index (χ0v) is 15.5. The van der Waals surface area contributed by atoms with Gasteiger partial charge in [-0.05, 0) is 49.8 Å². The van der Waals surface area contributed by atoms with Crippen LogP contribution in [-0.2, 0) is 9.53 Å². The number of hydrogen-bond acceptors (Lipinski definition) is 4. The van der Waals surface area contributed by atoms with Crippen molar-refractivity contribution in [1.29, 1.82) is 0 Å². The van der Waals surface area contributed by atoms with Gasteiger partial charge in [-0.1, -0.05) is 25.5 Å². The topological polar surface area (TPSA) is 76.7 Å². The van der Waals surface area contributed by atoms with Crippen LogP contribution in [0.25, 0.3) is 0 Å². The first-order valence-corrected chi connectivity index (χ1v) is 9.11. The van der Waals surface area contributed by atoms with Crippen molar-refractivity contribution >= 4 is 12.0 Å². The predicted molar refractivity (Wildman–Crippen MR) is 97.6 cm³/mol. The largest absolute Gasteiger partial charge is 0.497 e. The summed E-state index contributed by atoms with van der Waals surface area (Å²) in [6.45, 7) is 3.92. The molecule has 1 heterocycles. The normalized spacial score (nSPS) is 26.0. The van der Waals surface area contributed by atoms with E-state index in [2.05, 4.69) is 17.6 Å². The standard InChI is InChI=1S/C20H26N2O4/c1-12-5-4-6-16(11-12)26-19(23)17-13(2)21-20(24)22-18(17)14-7-9-15(25-3)10-8-14/h7-10,12,16,18H,4-6,11H2,1-3H3,(H2,21,22,24)/t12-,16-,18+/m1/s1. The van der Waals surface area contributed by atoms with Crippen LogP contribution in [0.15, 0.2) is 35.5 Å². The Morgan fingerprint density at radius 2 is 1.92 bits per heavy atom. The molecule has 1 aliphatic carbocycles. The van der Waals surface area contributed by atoms with Gasteiger partial charge >= 0.3 is 12.0 Å². The average molecular weight is 358 g/mol. The number of benzene rings is 1. The van der Waals surface area contributed by atoms with E-state index in [4.69, 9.17) is 9.47 Å². The Morgan fingerprint density at radius 3 is 2.58 bits per heavy atom. The minimum absolute atomic E-state index is 0.0549. The third-order valence-electron chi connectivity index (χ3n) is 5.10. The van der Waals surface area contributed by atoms with Gasteiger partial charge in [-0.2, -0.15) is 0 Å². The smallest absolute Gasteiger partial charge is 0.338 e. The third-order valence-corrected chi connectivity index (χ3v) is 5.10. The number of ether oxygens (including phenoxy) is 2. The Labute approximate surface area is 153 Å². The molecule has 26 heavy (non-hydrogen) atoms. The monoisotopic (exact) mass is 358 g/mol. The van der Waals surface area contributed by atoms with Gasteiger partial charge in [0.2, 0.25) is 0 Å². The van der Waals surface area contributed by atoms with E-state index in [0.717, 1.165) is 30.6 Å². The molecule has 1 aromatic rings. The summed E-state index contributed by atoms with van der Waals surface area (Å²) in [6.07, 6.45) is 4.00. The van der Waals surface area contributed by atoms with Crippen molar-refractivity contribution in [3.63, 3.8) is 0 Å². The van der Waals surface area contributed by atoms with Crippen LogP contribution in [0.5, 0.6) is 5.75 Å². The number of hydrogen-bond donors (Lipinski definition) is 2. The van der Waals surface area contributed by atoms with Crippen LogP contribution >= 0.6 is 0 Å². The number of allylic oxidation sites excluding steroid dienone is 1. The third kappa shape index (κ3) is 4.00. The molecule has 0 spiro atoms. The van der Waals surface area contributed by atoms with Crippen LogP contribution in [-0.4, -0.2) is 25.2 Å². The fraction of sp³-hybridized carbons (Fsp3) is 0.500. The lowest BCUT2D eigenvalue weighted by Gasteiger charge is -2.31. The van der Waals surface area contributed by atoms with Gasteiger partial charge in [-0.3, -0.25) is 0 Å². The van der Waals surface area contributed by atoms with E-state index in [9.17, 15) is 9.59 Å². The maximum absolute atomic E-state index is 12.9. The molecule has 2 aliphatic rings. The van der Waals surface area contributed by atoms with Gasteiger partial charge in [0.15, 0.2) is 0 Å². The quantitative estimate of drug-likeness (QED) is 0.808. The van der Waals surface area contributed by atoms with E-state index in [1.165, 1.54) is 6.42 Å². The van der Waals surface area contributed by atoms with Crippen LogP contribution in [0.3, 0.4) is 0 Å². The second kappa shape index (κ2) is 7.81. The van der Waals surface area contributed by atoms with Gasteiger partial charge in [0.05, 0.1) is 18.7 Å². The summed E-state index contributed by atoms with van der Waals surface area (Å²) in [5.41, 5.74) is 1.79. The fourth-order valence-electron chi connectivity index (χ4n) is 3.71. The van der Waals surface area contributed by atoms with Crippen LogP contribution in [0, 0.1) is 5.92 Å². The lowest BCUT2D eigenvalue weighted by Crippen LogP contribution is -2.45. The minimum Gasteiger partial charge on any atom is -0.497 e. The maximum atomic E-state index is 12.9. The summed E-state index contributed by atoms with van der Waals surface area (Å²) in [6, 6.07) is 6.45. The molecule has 0 saturated heterocycles. The van der Waals surface area contributed by atoms with Crippen LogP contribution < -0.4 is 15.4 Å². The molecule has 1 aromatic carbocycles. The molecule has 0 radical (unpaired) electrons. The first-order valence-electron chi connectivity index (χ1n) is 9.11. The SMILES string of the molecule is COc1ccc([C@@H]2NC(=O)NC(C)=C2C(=O)O[C@@H]2CCC[C@@H](C)C2)cc1. The van der Waals surface area contributed by atoms with E-state index in [1.54, 1.807) is 14.0 Å². The Morgan fingerprint density at radius 1 is 1.19 bits per heavy atom. The second-order valence-electron chi connectivity index (χ2n) is 7.14. The van der Waals surface area contributed by atoms with Crippen molar-refractivity contribution in [2.75, 3.05) is 7.11 Å². The number of urea groups is 1. The Bertz CT molecular complexity index is 711. The number of carbonyl (C=O) groups is 2. The van der Waals surface area contributed by atoms with Gasteiger partial charge in [-0.25, -0.2) is 9.59 Å². The Balaban J connectivity index is 1.83. The van der Waals surface area contributed by atoms with Gasteiger partial charge in [-0.15, -0.1) is 0 Å². The molecule has 3 atom stereocenters. The first-order chi connectivity index (χ1) is 12.5. The molecule has 0 aromatic heterocycles. The van der Waals surface area contributed by atoms with E-state index in [1.807, 2.05) is 24.3 Å². The number of esters is 1. The van der Waals surface area contributed by atoms with Crippen molar-refractivity contribution in [2.24, 2.45) is 5.92 Å². The summed E-state index contributed by atoms with van der Waals surface area (Å²) in [5, 5.41) is 5.51. The molecule has 0 bridgehead atoms. The van der Waals surface area contributed by atoms with Crippen molar-refractivity contribution in [3.8, 4) is 5.75 Å². The molecule has 1 aliphatic heterocycles.